The van der Waals surface area contributed by atoms with Crippen molar-refractivity contribution >= 4 is 22.5 Å². The first kappa shape index (κ1) is 22.2. The van der Waals surface area contributed by atoms with Crippen molar-refractivity contribution in [1.29, 1.82) is 0 Å². The highest BCUT2D eigenvalue weighted by molar-refractivity contribution is 5.98. The van der Waals surface area contributed by atoms with Crippen LogP contribution in [0.15, 0.2) is 36.4 Å². The first-order chi connectivity index (χ1) is 15.4. The van der Waals surface area contributed by atoms with Crippen molar-refractivity contribution in [2.24, 2.45) is 11.7 Å². The first-order valence-electron chi connectivity index (χ1n) is 11.4. The van der Waals surface area contributed by atoms with E-state index in [4.69, 9.17) is 15.2 Å². The lowest BCUT2D eigenvalue weighted by molar-refractivity contribution is -0.121. The van der Waals surface area contributed by atoms with Gasteiger partial charge < -0.3 is 25.5 Å². The number of nitrogens with two attached hydrogens (primary N) is 1. The van der Waals surface area contributed by atoms with Gasteiger partial charge in [-0.05, 0) is 60.7 Å². The van der Waals surface area contributed by atoms with Crippen LogP contribution in [0.5, 0.6) is 11.5 Å². The van der Waals surface area contributed by atoms with Crippen molar-refractivity contribution < 1.29 is 14.3 Å². The molecule has 1 heterocycles. The van der Waals surface area contributed by atoms with Crippen molar-refractivity contribution in [2.75, 3.05) is 19.5 Å². The molecule has 1 saturated carbocycles. The molecule has 1 fully saturated rings. The fourth-order valence-corrected chi connectivity index (χ4v) is 4.83. The van der Waals surface area contributed by atoms with Gasteiger partial charge in [-0.3, -0.25) is 4.79 Å². The van der Waals surface area contributed by atoms with Gasteiger partial charge in [-0.15, -0.1) is 0 Å². The molecule has 1 amide bonds. The van der Waals surface area contributed by atoms with Crippen LogP contribution < -0.4 is 20.5 Å². The van der Waals surface area contributed by atoms with Crippen molar-refractivity contribution in [1.82, 2.24) is 4.98 Å². The van der Waals surface area contributed by atoms with Crippen molar-refractivity contribution in [3.63, 3.8) is 0 Å². The van der Waals surface area contributed by atoms with E-state index in [0.717, 1.165) is 53.5 Å². The molecule has 4 rings (SSSR count). The van der Waals surface area contributed by atoms with Gasteiger partial charge in [0.1, 0.15) is 0 Å². The Labute approximate surface area is 189 Å². The third-order valence-electron chi connectivity index (χ3n) is 6.51. The van der Waals surface area contributed by atoms with E-state index >= 15 is 0 Å². The number of carbonyl (C=O) groups excluding carboxylic acids is 1. The molecule has 170 valence electrons. The quantitative estimate of drug-likeness (QED) is 0.481. The maximum Gasteiger partial charge on any atom is 0.229 e. The fourth-order valence-electron chi connectivity index (χ4n) is 4.83. The predicted octanol–water partition coefficient (Wildman–Crippen LogP) is 5.43. The molecule has 4 N–H and O–H groups in total. The molecule has 6 heteroatoms. The summed E-state index contributed by atoms with van der Waals surface area (Å²) < 4.78 is 10.9. The Hall–Kier alpha value is -2.99. The number of hydrogen-bond acceptors (Lipinski definition) is 4. The van der Waals surface area contributed by atoms with Crippen molar-refractivity contribution in [3.8, 4) is 22.8 Å². The van der Waals surface area contributed by atoms with Crippen LogP contribution in [0.3, 0.4) is 0 Å². The molecule has 0 aliphatic heterocycles. The van der Waals surface area contributed by atoms with Gasteiger partial charge in [0.25, 0.3) is 0 Å². The van der Waals surface area contributed by atoms with Crippen LogP contribution in [0.1, 0.15) is 51.0 Å². The number of hydrogen-bond donors (Lipinski definition) is 3. The second kappa shape index (κ2) is 9.25. The van der Waals surface area contributed by atoms with Crippen LogP contribution in [0.25, 0.3) is 22.2 Å². The number of rotatable bonds is 6. The second-order valence-corrected chi connectivity index (χ2v) is 8.94. The molecule has 2 aromatic carbocycles. The van der Waals surface area contributed by atoms with E-state index in [9.17, 15) is 4.79 Å². The largest absolute Gasteiger partial charge is 0.493 e. The normalized spacial score (nSPS) is 18.7. The monoisotopic (exact) mass is 435 g/mol. The number of anilines is 1. The minimum Gasteiger partial charge on any atom is -0.493 e. The minimum atomic E-state index is -0.113. The molecule has 1 aliphatic rings. The zero-order chi connectivity index (χ0) is 22.8. The Morgan fingerprint density at radius 3 is 2.50 bits per heavy atom. The number of aromatic nitrogens is 1. The SMILES string of the molecule is COc1ccc(-c2[nH]c3ccc(NC(=O)[C@@H]4CCCC[C@@H]4N)cc3c2C(C)C)cc1OC. The van der Waals surface area contributed by atoms with Gasteiger partial charge in [0.05, 0.1) is 25.8 Å². The highest BCUT2D eigenvalue weighted by Gasteiger charge is 2.28. The molecule has 1 aliphatic carbocycles. The zero-order valence-corrected chi connectivity index (χ0v) is 19.3. The van der Waals surface area contributed by atoms with E-state index in [0.29, 0.717) is 11.5 Å². The number of nitrogens with one attached hydrogen (secondary N) is 2. The molecule has 32 heavy (non-hydrogen) atoms. The molecule has 0 unspecified atom stereocenters. The van der Waals surface area contributed by atoms with Gasteiger partial charge in [0.2, 0.25) is 5.91 Å². The molecule has 1 aromatic heterocycles. The van der Waals surface area contributed by atoms with Crippen LogP contribution in [0.2, 0.25) is 0 Å². The molecular formula is C26H33N3O3. The summed E-state index contributed by atoms with van der Waals surface area (Å²) in [5.41, 5.74) is 11.3. The summed E-state index contributed by atoms with van der Waals surface area (Å²) in [4.78, 5) is 16.4. The Morgan fingerprint density at radius 2 is 1.81 bits per heavy atom. The van der Waals surface area contributed by atoms with Gasteiger partial charge in [0, 0.05) is 28.2 Å². The van der Waals surface area contributed by atoms with E-state index in [1.165, 1.54) is 5.56 Å². The van der Waals surface area contributed by atoms with Crippen LogP contribution >= 0.6 is 0 Å². The van der Waals surface area contributed by atoms with E-state index < -0.39 is 0 Å². The number of methoxy groups -OCH3 is 2. The molecule has 0 saturated heterocycles. The van der Waals surface area contributed by atoms with Gasteiger partial charge >= 0.3 is 0 Å². The molecule has 2 atom stereocenters. The minimum absolute atomic E-state index is 0.0262. The number of aromatic amines is 1. The average molecular weight is 436 g/mol. The Morgan fingerprint density at radius 1 is 1.06 bits per heavy atom. The topological polar surface area (TPSA) is 89.4 Å². The lowest BCUT2D eigenvalue weighted by atomic mass is 9.84. The third-order valence-corrected chi connectivity index (χ3v) is 6.51. The maximum atomic E-state index is 12.9. The fraction of sp³-hybridized carbons (Fsp3) is 0.423. The summed E-state index contributed by atoms with van der Waals surface area (Å²) >= 11 is 0. The zero-order valence-electron chi connectivity index (χ0n) is 19.3. The number of H-pyrrole nitrogens is 1. The van der Waals surface area contributed by atoms with E-state index in [2.05, 4.69) is 30.2 Å². The standard InChI is InChI=1S/C26H33N3O3/c1-15(2)24-19-14-17(28-26(30)18-7-5-6-8-20(18)27)10-11-21(19)29-25(24)16-9-12-22(31-3)23(13-16)32-4/h9-15,18,20,29H,5-8,27H2,1-4H3,(H,28,30)/t18-,20+/m1/s1. The number of carbonyl (C=O) groups is 1. The molecule has 0 spiro atoms. The summed E-state index contributed by atoms with van der Waals surface area (Å²) in [7, 11) is 3.28. The lowest BCUT2D eigenvalue weighted by Gasteiger charge is -2.27. The van der Waals surface area contributed by atoms with Crippen LogP contribution in [-0.4, -0.2) is 31.2 Å². The Kier molecular flexibility index (Phi) is 6.42. The van der Waals surface area contributed by atoms with E-state index in [-0.39, 0.29) is 23.8 Å². The summed E-state index contributed by atoms with van der Waals surface area (Å²) in [6, 6.07) is 11.9. The molecular weight excluding hydrogens is 402 g/mol. The molecule has 6 nitrogen and oxygen atoms in total. The van der Waals surface area contributed by atoms with Crippen LogP contribution in [0.4, 0.5) is 5.69 Å². The third kappa shape index (κ3) is 4.19. The Bertz CT molecular complexity index is 1120. The highest BCUT2D eigenvalue weighted by atomic mass is 16.5. The first-order valence-corrected chi connectivity index (χ1v) is 11.4. The maximum absolute atomic E-state index is 12.9. The highest BCUT2D eigenvalue weighted by Crippen LogP contribution is 2.39. The van der Waals surface area contributed by atoms with Crippen molar-refractivity contribution in [3.05, 3.63) is 42.0 Å². The van der Waals surface area contributed by atoms with Gasteiger partial charge in [0.15, 0.2) is 11.5 Å². The smallest absolute Gasteiger partial charge is 0.229 e. The number of amides is 1. The summed E-state index contributed by atoms with van der Waals surface area (Å²) in [6.45, 7) is 4.36. The molecule has 3 aromatic rings. The second-order valence-electron chi connectivity index (χ2n) is 8.94. The summed E-state index contributed by atoms with van der Waals surface area (Å²) in [6.07, 6.45) is 3.95. The van der Waals surface area contributed by atoms with E-state index in [1.807, 2.05) is 30.3 Å². The number of benzene rings is 2. The summed E-state index contributed by atoms with van der Waals surface area (Å²) in [5.74, 6) is 1.58. The lowest BCUT2D eigenvalue weighted by Crippen LogP contribution is -2.40. The van der Waals surface area contributed by atoms with Crippen LogP contribution in [-0.2, 0) is 4.79 Å². The van der Waals surface area contributed by atoms with Crippen molar-refractivity contribution in [2.45, 2.75) is 51.5 Å². The van der Waals surface area contributed by atoms with Gasteiger partial charge in [-0.25, -0.2) is 0 Å². The predicted molar refractivity (Wildman–Crippen MR) is 129 cm³/mol. The Balaban J connectivity index is 1.71. The summed E-state index contributed by atoms with van der Waals surface area (Å²) in [5, 5.41) is 4.22. The van der Waals surface area contributed by atoms with Crippen LogP contribution in [0, 0.1) is 5.92 Å². The molecule has 0 radical (unpaired) electrons. The molecule has 0 bridgehead atoms. The van der Waals surface area contributed by atoms with E-state index in [1.54, 1.807) is 14.2 Å². The number of fused-ring (bicyclic) bond motifs is 1. The van der Waals surface area contributed by atoms with Gasteiger partial charge in [-0.2, -0.15) is 0 Å². The average Bonchev–Trinajstić information content (AvgIpc) is 3.18. The number of ether oxygens (including phenoxy) is 2. The van der Waals surface area contributed by atoms with Gasteiger partial charge in [-0.1, -0.05) is 26.7 Å².